The molecule has 0 bridgehead atoms. The van der Waals surface area contributed by atoms with E-state index in [4.69, 9.17) is 8.85 Å². The highest BCUT2D eigenvalue weighted by Gasteiger charge is 1.86. The van der Waals surface area contributed by atoms with Gasteiger partial charge in [-0.3, -0.25) is 0 Å². The number of nitrogens with one attached hydrogen (secondary N) is 1. The van der Waals surface area contributed by atoms with Crippen molar-refractivity contribution in [2.45, 2.75) is 12.8 Å². The van der Waals surface area contributed by atoms with Crippen molar-refractivity contribution in [2.24, 2.45) is 0 Å². The summed E-state index contributed by atoms with van der Waals surface area (Å²) in [4.78, 5) is 0. The van der Waals surface area contributed by atoms with Gasteiger partial charge in [0.2, 0.25) is 0 Å². The minimum Gasteiger partial charge on any atom is -0.428 e. The summed E-state index contributed by atoms with van der Waals surface area (Å²) in [6, 6.07) is 0. The number of hydrogen-bond donors (Lipinski definition) is 1. The second-order valence-electron chi connectivity index (χ2n) is 2.44. The Balaban J connectivity index is 2.69. The van der Waals surface area contributed by atoms with Gasteiger partial charge in [0, 0.05) is 13.2 Å². The van der Waals surface area contributed by atoms with Crippen LogP contribution in [0, 0.1) is 0 Å². The first kappa shape index (κ1) is 11.3. The molecule has 0 saturated heterocycles. The van der Waals surface area contributed by atoms with Gasteiger partial charge in [-0.2, -0.15) is 0 Å². The average Bonchev–Trinajstić information content (AvgIpc) is 2.03. The maximum atomic E-state index is 5.05. The lowest BCUT2D eigenvalue weighted by atomic mass is 10.4. The maximum Gasteiger partial charge on any atom is 0.145 e. The second-order valence-corrected chi connectivity index (χ2v) is 3.60. The molecule has 3 nitrogen and oxygen atoms in total. The SMILES string of the molecule is [SiH3]OCCCNCCCO[SiH3]. The van der Waals surface area contributed by atoms with E-state index in [1.807, 2.05) is 0 Å². The van der Waals surface area contributed by atoms with E-state index in [-0.39, 0.29) is 0 Å². The topological polar surface area (TPSA) is 30.5 Å². The maximum absolute atomic E-state index is 5.05. The first-order valence-electron chi connectivity index (χ1n) is 4.10. The summed E-state index contributed by atoms with van der Waals surface area (Å²) in [5, 5.41) is 3.33. The fourth-order valence-electron chi connectivity index (χ4n) is 0.808. The molecule has 0 spiro atoms. The first-order valence-corrected chi connectivity index (χ1v) is 5.73. The molecule has 0 saturated carbocycles. The van der Waals surface area contributed by atoms with Crippen LogP contribution in [0.25, 0.3) is 0 Å². The van der Waals surface area contributed by atoms with Gasteiger partial charge in [-0.25, -0.2) is 0 Å². The van der Waals surface area contributed by atoms with Crippen LogP contribution >= 0.6 is 0 Å². The summed E-state index contributed by atoms with van der Waals surface area (Å²) >= 11 is 0. The standard InChI is InChI=1S/C6H19NO2Si2/c10-8-5-1-3-7-4-2-6-9-11/h7H,1-6H2,10-11H3. The Morgan fingerprint density at radius 3 is 1.73 bits per heavy atom. The van der Waals surface area contributed by atoms with Gasteiger partial charge in [0.1, 0.15) is 21.0 Å². The zero-order chi connectivity index (χ0) is 8.36. The molecule has 0 aromatic carbocycles. The van der Waals surface area contributed by atoms with Crippen LogP contribution in [0.1, 0.15) is 12.8 Å². The van der Waals surface area contributed by atoms with E-state index in [1.165, 1.54) is 0 Å². The van der Waals surface area contributed by atoms with E-state index in [0.29, 0.717) is 0 Å². The van der Waals surface area contributed by atoms with Crippen molar-refractivity contribution in [3.8, 4) is 0 Å². The lowest BCUT2D eigenvalue weighted by molar-refractivity contribution is 0.325. The van der Waals surface area contributed by atoms with Crippen molar-refractivity contribution in [1.82, 2.24) is 5.32 Å². The predicted molar refractivity (Wildman–Crippen MR) is 53.9 cm³/mol. The first-order chi connectivity index (χ1) is 5.41. The molecule has 0 aliphatic carbocycles. The van der Waals surface area contributed by atoms with Crippen LogP contribution in [0.3, 0.4) is 0 Å². The largest absolute Gasteiger partial charge is 0.428 e. The van der Waals surface area contributed by atoms with E-state index >= 15 is 0 Å². The zero-order valence-corrected chi connectivity index (χ0v) is 11.6. The molecule has 0 radical (unpaired) electrons. The molecule has 0 heterocycles. The fraction of sp³-hybridized carbons (Fsp3) is 1.00. The minimum atomic E-state index is 0.866. The molecular formula is C6H19NO2Si2. The van der Waals surface area contributed by atoms with Crippen molar-refractivity contribution in [3.63, 3.8) is 0 Å². The van der Waals surface area contributed by atoms with E-state index in [2.05, 4.69) is 5.32 Å². The highest BCUT2D eigenvalue weighted by Crippen LogP contribution is 1.79. The summed E-state index contributed by atoms with van der Waals surface area (Å²) in [5.41, 5.74) is 0. The highest BCUT2D eigenvalue weighted by atomic mass is 28.2. The summed E-state index contributed by atoms with van der Waals surface area (Å²) in [6.07, 6.45) is 2.26. The van der Waals surface area contributed by atoms with E-state index in [1.54, 1.807) is 0 Å². The van der Waals surface area contributed by atoms with Crippen molar-refractivity contribution in [1.29, 1.82) is 0 Å². The smallest absolute Gasteiger partial charge is 0.145 e. The molecule has 0 aliphatic heterocycles. The van der Waals surface area contributed by atoms with E-state index in [0.717, 1.165) is 60.1 Å². The van der Waals surface area contributed by atoms with Gasteiger partial charge < -0.3 is 14.2 Å². The van der Waals surface area contributed by atoms with Crippen LogP contribution in [-0.2, 0) is 8.85 Å². The Morgan fingerprint density at radius 1 is 0.909 bits per heavy atom. The molecule has 1 N–H and O–H groups in total. The molecule has 0 rings (SSSR count). The Labute approximate surface area is 74.9 Å². The quantitative estimate of drug-likeness (QED) is 0.356. The van der Waals surface area contributed by atoms with Crippen molar-refractivity contribution in [3.05, 3.63) is 0 Å². The van der Waals surface area contributed by atoms with Crippen LogP contribution < -0.4 is 5.32 Å². The van der Waals surface area contributed by atoms with Crippen molar-refractivity contribution in [2.75, 3.05) is 26.3 Å². The number of rotatable bonds is 8. The van der Waals surface area contributed by atoms with Gasteiger partial charge in [0.15, 0.2) is 0 Å². The Morgan fingerprint density at radius 2 is 1.36 bits per heavy atom. The molecule has 0 aromatic heterocycles. The van der Waals surface area contributed by atoms with Gasteiger partial charge in [0.25, 0.3) is 0 Å². The lowest BCUT2D eigenvalue weighted by Crippen LogP contribution is -2.19. The molecule has 0 aromatic rings. The second kappa shape index (κ2) is 10.3. The van der Waals surface area contributed by atoms with Crippen LogP contribution in [0.15, 0.2) is 0 Å². The third-order valence-electron chi connectivity index (χ3n) is 1.40. The number of hydrogen-bond acceptors (Lipinski definition) is 3. The molecular weight excluding hydrogens is 174 g/mol. The third kappa shape index (κ3) is 10.3. The van der Waals surface area contributed by atoms with Crippen LogP contribution in [-0.4, -0.2) is 47.3 Å². The van der Waals surface area contributed by atoms with Crippen LogP contribution in [0.2, 0.25) is 0 Å². The summed E-state index contributed by atoms with van der Waals surface area (Å²) in [6.45, 7) is 3.97. The van der Waals surface area contributed by atoms with Gasteiger partial charge >= 0.3 is 0 Å². The van der Waals surface area contributed by atoms with Gasteiger partial charge in [-0.15, -0.1) is 0 Å². The van der Waals surface area contributed by atoms with E-state index in [9.17, 15) is 0 Å². The minimum absolute atomic E-state index is 0.866. The third-order valence-corrected chi connectivity index (χ3v) is 2.22. The Hall–Kier alpha value is 0.314. The normalized spacial score (nSPS) is 10.9. The molecule has 5 heteroatoms. The Kier molecular flexibility index (Phi) is 10.6. The van der Waals surface area contributed by atoms with Gasteiger partial charge in [0.05, 0.1) is 0 Å². The van der Waals surface area contributed by atoms with Gasteiger partial charge in [-0.05, 0) is 25.9 Å². The summed E-state index contributed by atoms with van der Waals surface area (Å²) in [5.74, 6) is 0. The predicted octanol–water partition coefficient (Wildman–Crippen LogP) is -2.05. The zero-order valence-electron chi connectivity index (χ0n) is 7.56. The molecule has 0 amide bonds. The van der Waals surface area contributed by atoms with Crippen LogP contribution in [0.4, 0.5) is 0 Å². The van der Waals surface area contributed by atoms with Crippen molar-refractivity contribution < 1.29 is 8.85 Å². The summed E-state index contributed by atoms with van der Waals surface area (Å²) < 4.78 is 10.1. The fourth-order valence-corrected chi connectivity index (χ4v) is 1.39. The van der Waals surface area contributed by atoms with E-state index < -0.39 is 0 Å². The molecule has 0 aliphatic rings. The lowest BCUT2D eigenvalue weighted by Gasteiger charge is -2.03. The highest BCUT2D eigenvalue weighted by molar-refractivity contribution is 5.98. The average molecular weight is 193 g/mol. The molecule has 11 heavy (non-hydrogen) atoms. The molecule has 68 valence electrons. The van der Waals surface area contributed by atoms with Gasteiger partial charge in [-0.1, -0.05) is 0 Å². The van der Waals surface area contributed by atoms with Crippen molar-refractivity contribution >= 4 is 21.0 Å². The molecule has 0 fully saturated rings. The molecule has 0 unspecified atom stereocenters. The summed E-state index contributed by atoms with van der Waals surface area (Å²) in [7, 11) is 1.73. The molecule has 0 atom stereocenters. The van der Waals surface area contributed by atoms with Crippen LogP contribution in [0.5, 0.6) is 0 Å². The Bertz CT molecular complexity index is 67.6. The monoisotopic (exact) mass is 193 g/mol.